The molecule has 0 saturated carbocycles. The van der Waals surface area contributed by atoms with E-state index >= 15 is 0 Å². The lowest BCUT2D eigenvalue weighted by atomic mass is 9.98. The second-order valence-electron chi connectivity index (χ2n) is 7.29. The average molecular weight is 389 g/mol. The predicted octanol–water partition coefficient (Wildman–Crippen LogP) is 2.62. The van der Waals surface area contributed by atoms with E-state index in [0.717, 1.165) is 18.9 Å². The van der Waals surface area contributed by atoms with E-state index in [2.05, 4.69) is 0 Å². The Bertz CT molecular complexity index is 816. The normalized spacial score (nSPS) is 22.2. The number of carbonyl (C=O) groups is 2. The molecule has 1 aromatic rings. The molecule has 150 valence electrons. The predicted molar refractivity (Wildman–Crippen MR) is 101 cm³/mol. The molecule has 1 aromatic carbocycles. The van der Waals surface area contributed by atoms with Gasteiger partial charge in [0.1, 0.15) is 11.7 Å². The Labute approximate surface area is 162 Å². The van der Waals surface area contributed by atoms with Crippen LogP contribution < -0.4 is 4.90 Å². The molecule has 1 N–H and O–H groups in total. The highest BCUT2D eigenvalue weighted by atomic mass is 16.6. The molecule has 1 unspecified atom stereocenters. The number of ether oxygens (including phenoxy) is 1. The third-order valence-electron chi connectivity index (χ3n) is 5.00. The van der Waals surface area contributed by atoms with Crippen molar-refractivity contribution in [2.75, 3.05) is 18.1 Å². The first kappa shape index (κ1) is 19.8. The maximum atomic E-state index is 13.1. The van der Waals surface area contributed by atoms with Gasteiger partial charge >= 0.3 is 5.97 Å². The van der Waals surface area contributed by atoms with Crippen LogP contribution in [0.3, 0.4) is 0 Å². The molecule has 28 heavy (non-hydrogen) atoms. The van der Waals surface area contributed by atoms with Gasteiger partial charge in [0.25, 0.3) is 5.69 Å². The van der Waals surface area contributed by atoms with E-state index in [1.807, 2.05) is 13.8 Å². The minimum absolute atomic E-state index is 0.00264. The zero-order valence-corrected chi connectivity index (χ0v) is 15.8. The fourth-order valence-corrected chi connectivity index (χ4v) is 3.62. The summed E-state index contributed by atoms with van der Waals surface area (Å²) in [4.78, 5) is 38.4. The molecule has 2 heterocycles. The number of hydrogen-bond donors (Lipinski definition) is 1. The largest absolute Gasteiger partial charge is 0.478 e. The lowest BCUT2D eigenvalue weighted by Crippen LogP contribution is -2.53. The third kappa shape index (κ3) is 3.84. The molecule has 9 heteroatoms. The van der Waals surface area contributed by atoms with E-state index in [9.17, 15) is 19.7 Å². The molecule has 0 aliphatic carbocycles. The SMILES string of the molecule is CC(C)[C@H]1C(=O)N(CC2CCCO2)C=CN1c1ccc(C(=O)O)cc1[N+](=O)[O-]. The van der Waals surface area contributed by atoms with Crippen LogP contribution in [0.15, 0.2) is 30.6 Å². The Kier molecular flexibility index (Phi) is 5.64. The zero-order chi connectivity index (χ0) is 20.4. The first-order valence-corrected chi connectivity index (χ1v) is 9.20. The van der Waals surface area contributed by atoms with Gasteiger partial charge in [0, 0.05) is 25.1 Å². The van der Waals surface area contributed by atoms with Crippen molar-refractivity contribution in [2.45, 2.75) is 38.8 Å². The van der Waals surface area contributed by atoms with Crippen LogP contribution in [-0.4, -0.2) is 52.1 Å². The van der Waals surface area contributed by atoms with Gasteiger partial charge in [-0.3, -0.25) is 14.9 Å². The van der Waals surface area contributed by atoms with Crippen LogP contribution in [0.2, 0.25) is 0 Å². The first-order chi connectivity index (χ1) is 13.3. The molecule has 2 aliphatic heterocycles. The van der Waals surface area contributed by atoms with Crippen molar-refractivity contribution in [1.29, 1.82) is 0 Å². The number of aromatic carboxylic acids is 1. The number of carbonyl (C=O) groups excluding carboxylic acids is 1. The fourth-order valence-electron chi connectivity index (χ4n) is 3.62. The van der Waals surface area contributed by atoms with Crippen LogP contribution in [0.4, 0.5) is 11.4 Å². The number of benzene rings is 1. The molecule has 0 radical (unpaired) electrons. The number of carboxylic acid groups (broad SMARTS) is 1. The second-order valence-corrected chi connectivity index (χ2v) is 7.29. The molecule has 0 bridgehead atoms. The summed E-state index contributed by atoms with van der Waals surface area (Å²) in [6, 6.07) is 3.07. The molecule has 1 fully saturated rings. The third-order valence-corrected chi connectivity index (χ3v) is 5.00. The number of amides is 1. The molecule has 9 nitrogen and oxygen atoms in total. The summed E-state index contributed by atoms with van der Waals surface area (Å²) in [5.74, 6) is -1.53. The maximum Gasteiger partial charge on any atom is 0.335 e. The lowest BCUT2D eigenvalue weighted by molar-refractivity contribution is -0.384. The lowest BCUT2D eigenvalue weighted by Gasteiger charge is -2.39. The van der Waals surface area contributed by atoms with Gasteiger partial charge in [0.15, 0.2) is 0 Å². The Balaban J connectivity index is 1.97. The summed E-state index contributed by atoms with van der Waals surface area (Å²) >= 11 is 0. The zero-order valence-electron chi connectivity index (χ0n) is 15.8. The van der Waals surface area contributed by atoms with Crippen molar-refractivity contribution < 1.29 is 24.4 Å². The molecule has 2 atom stereocenters. The number of rotatable bonds is 6. The summed E-state index contributed by atoms with van der Waals surface area (Å²) in [5.41, 5.74) is -0.338. The molecule has 3 rings (SSSR count). The fraction of sp³-hybridized carbons (Fsp3) is 0.474. The van der Waals surface area contributed by atoms with Crippen molar-refractivity contribution >= 4 is 23.3 Å². The molecule has 1 saturated heterocycles. The van der Waals surface area contributed by atoms with E-state index in [-0.39, 0.29) is 34.9 Å². The number of anilines is 1. The van der Waals surface area contributed by atoms with Gasteiger partial charge in [0.05, 0.1) is 23.1 Å². The van der Waals surface area contributed by atoms with Crippen LogP contribution in [0.1, 0.15) is 37.0 Å². The summed E-state index contributed by atoms with van der Waals surface area (Å²) in [6.07, 6.45) is 5.12. The average Bonchev–Trinajstić information content (AvgIpc) is 3.15. The Morgan fingerprint density at radius 2 is 2.14 bits per heavy atom. The van der Waals surface area contributed by atoms with Crippen molar-refractivity contribution in [3.05, 3.63) is 46.3 Å². The van der Waals surface area contributed by atoms with Crippen molar-refractivity contribution in [2.24, 2.45) is 5.92 Å². The number of hydrogen-bond acceptors (Lipinski definition) is 6. The van der Waals surface area contributed by atoms with Crippen LogP contribution in [0.5, 0.6) is 0 Å². The number of nitro benzene ring substituents is 1. The van der Waals surface area contributed by atoms with E-state index < -0.39 is 16.9 Å². The minimum atomic E-state index is -1.25. The summed E-state index contributed by atoms with van der Waals surface area (Å²) in [6.45, 7) is 4.89. The molecular weight excluding hydrogens is 366 g/mol. The maximum absolute atomic E-state index is 13.1. The van der Waals surface area contributed by atoms with Crippen molar-refractivity contribution in [3.63, 3.8) is 0 Å². The highest BCUT2D eigenvalue weighted by Crippen LogP contribution is 2.35. The summed E-state index contributed by atoms with van der Waals surface area (Å²) < 4.78 is 5.61. The molecular formula is C19H23N3O6. The van der Waals surface area contributed by atoms with Gasteiger partial charge in [-0.1, -0.05) is 13.8 Å². The molecule has 0 aromatic heterocycles. The van der Waals surface area contributed by atoms with Gasteiger partial charge < -0.3 is 19.6 Å². The molecule has 1 amide bonds. The van der Waals surface area contributed by atoms with E-state index in [1.54, 1.807) is 22.2 Å². The van der Waals surface area contributed by atoms with E-state index in [1.165, 1.54) is 12.1 Å². The Morgan fingerprint density at radius 3 is 2.71 bits per heavy atom. The van der Waals surface area contributed by atoms with E-state index in [0.29, 0.717) is 13.2 Å². The first-order valence-electron chi connectivity index (χ1n) is 9.20. The van der Waals surface area contributed by atoms with E-state index in [4.69, 9.17) is 9.84 Å². The van der Waals surface area contributed by atoms with Crippen LogP contribution in [0, 0.1) is 16.0 Å². The standard InChI is InChI=1S/C19H23N3O6/c1-12(2)17-18(23)20(11-14-4-3-9-28-14)7-8-21(17)15-6-5-13(19(24)25)10-16(15)22(26)27/h5-8,10,12,14,17H,3-4,9,11H2,1-2H3,(H,24,25)/t14?,17-/m0/s1. The minimum Gasteiger partial charge on any atom is -0.478 e. The topological polar surface area (TPSA) is 113 Å². The van der Waals surface area contributed by atoms with Gasteiger partial charge in [-0.25, -0.2) is 4.79 Å². The van der Waals surface area contributed by atoms with Gasteiger partial charge in [0.2, 0.25) is 5.91 Å². The van der Waals surface area contributed by atoms with Crippen LogP contribution >= 0.6 is 0 Å². The number of nitro groups is 1. The summed E-state index contributed by atoms with van der Waals surface area (Å²) in [7, 11) is 0. The van der Waals surface area contributed by atoms with Crippen LogP contribution in [-0.2, 0) is 9.53 Å². The highest BCUT2D eigenvalue weighted by molar-refractivity contribution is 5.92. The summed E-state index contributed by atoms with van der Waals surface area (Å²) in [5, 5.41) is 20.7. The van der Waals surface area contributed by atoms with Gasteiger partial charge in [-0.05, 0) is 30.9 Å². The molecule has 0 spiro atoms. The second kappa shape index (κ2) is 7.97. The number of carboxylic acids is 1. The van der Waals surface area contributed by atoms with Crippen molar-refractivity contribution in [3.8, 4) is 0 Å². The van der Waals surface area contributed by atoms with Gasteiger partial charge in [-0.15, -0.1) is 0 Å². The number of nitrogens with zero attached hydrogens (tertiary/aromatic N) is 3. The Hall–Kier alpha value is -2.94. The Morgan fingerprint density at radius 1 is 1.39 bits per heavy atom. The highest BCUT2D eigenvalue weighted by Gasteiger charge is 2.38. The molecule has 2 aliphatic rings. The van der Waals surface area contributed by atoms with Crippen LogP contribution in [0.25, 0.3) is 0 Å². The smallest absolute Gasteiger partial charge is 0.335 e. The monoisotopic (exact) mass is 389 g/mol. The quantitative estimate of drug-likeness (QED) is 0.588. The van der Waals surface area contributed by atoms with Crippen molar-refractivity contribution in [1.82, 2.24) is 4.90 Å². The van der Waals surface area contributed by atoms with Gasteiger partial charge in [-0.2, -0.15) is 0 Å².